The van der Waals surface area contributed by atoms with Crippen molar-refractivity contribution < 1.29 is 9.84 Å². The van der Waals surface area contributed by atoms with Gasteiger partial charge in [0.05, 0.1) is 13.2 Å². The van der Waals surface area contributed by atoms with E-state index in [0.29, 0.717) is 12.5 Å². The molecule has 1 aliphatic rings. The van der Waals surface area contributed by atoms with E-state index in [4.69, 9.17) is 4.74 Å². The average molecular weight is 461 g/mol. The number of aryl methyl sites for hydroxylation is 1. The summed E-state index contributed by atoms with van der Waals surface area (Å²) in [7, 11) is 1.71. The number of aliphatic hydroxyl groups excluding tert-OH is 1. The molecule has 3 N–H and O–H groups in total. The first-order valence-corrected chi connectivity index (χ1v) is 8.97. The number of aliphatic hydroxyl groups is 1. The Hall–Kier alpha value is -1.02. The van der Waals surface area contributed by atoms with Gasteiger partial charge in [0.15, 0.2) is 5.96 Å². The first-order valence-electron chi connectivity index (χ1n) is 8.97. The van der Waals surface area contributed by atoms with Crippen LogP contribution in [-0.2, 0) is 6.42 Å². The second-order valence-corrected chi connectivity index (χ2v) is 6.47. The Kier molecular flexibility index (Phi) is 10.2. The largest absolute Gasteiger partial charge is 0.496 e. The minimum Gasteiger partial charge on any atom is -0.496 e. The zero-order valence-corrected chi connectivity index (χ0v) is 17.9. The molecule has 1 aromatic carbocycles. The van der Waals surface area contributed by atoms with Gasteiger partial charge in [0.1, 0.15) is 5.75 Å². The molecule has 2 atom stereocenters. The van der Waals surface area contributed by atoms with Gasteiger partial charge < -0.3 is 20.5 Å². The molecule has 0 heterocycles. The lowest BCUT2D eigenvalue weighted by atomic mass is 10.1. The van der Waals surface area contributed by atoms with Crippen molar-refractivity contribution in [3.8, 4) is 5.75 Å². The summed E-state index contributed by atoms with van der Waals surface area (Å²) in [5.41, 5.74) is 2.44. The average Bonchev–Trinajstić information content (AvgIpc) is 2.98. The van der Waals surface area contributed by atoms with E-state index in [2.05, 4.69) is 41.6 Å². The number of hydrogen-bond donors (Lipinski definition) is 3. The van der Waals surface area contributed by atoms with Gasteiger partial charge in [0.25, 0.3) is 0 Å². The number of guanidine groups is 1. The number of methoxy groups -OCH3 is 1. The van der Waals surface area contributed by atoms with Crippen LogP contribution in [0.3, 0.4) is 0 Å². The predicted molar refractivity (Wildman–Crippen MR) is 114 cm³/mol. The minimum atomic E-state index is -0.187. The molecular weight excluding hydrogens is 429 g/mol. The summed E-state index contributed by atoms with van der Waals surface area (Å²) in [5, 5.41) is 16.6. The highest BCUT2D eigenvalue weighted by Gasteiger charge is 2.24. The van der Waals surface area contributed by atoms with Gasteiger partial charge in [-0.2, -0.15) is 0 Å². The van der Waals surface area contributed by atoms with Crippen LogP contribution >= 0.6 is 24.0 Å². The van der Waals surface area contributed by atoms with E-state index in [-0.39, 0.29) is 30.1 Å². The topological polar surface area (TPSA) is 65.9 Å². The van der Waals surface area contributed by atoms with Gasteiger partial charge in [-0.3, -0.25) is 4.99 Å². The van der Waals surface area contributed by atoms with E-state index >= 15 is 0 Å². The number of ether oxygens (including phenoxy) is 1. The molecule has 1 aromatic rings. The molecule has 5 nitrogen and oxygen atoms in total. The number of benzene rings is 1. The molecule has 0 radical (unpaired) electrons. The normalized spacial score (nSPS) is 20.1. The van der Waals surface area contributed by atoms with Crippen LogP contribution in [0.25, 0.3) is 0 Å². The fourth-order valence-electron chi connectivity index (χ4n) is 3.20. The number of hydrogen-bond acceptors (Lipinski definition) is 3. The molecule has 2 unspecified atom stereocenters. The number of rotatable bonds is 7. The molecule has 6 heteroatoms. The molecule has 0 spiro atoms. The van der Waals surface area contributed by atoms with Gasteiger partial charge >= 0.3 is 0 Å². The van der Waals surface area contributed by atoms with E-state index in [1.807, 2.05) is 6.07 Å². The third-order valence-corrected chi connectivity index (χ3v) is 4.57. The molecule has 2 rings (SSSR count). The predicted octanol–water partition coefficient (Wildman–Crippen LogP) is 2.88. The van der Waals surface area contributed by atoms with Crippen molar-refractivity contribution >= 4 is 29.9 Å². The monoisotopic (exact) mass is 461 g/mol. The fourth-order valence-corrected chi connectivity index (χ4v) is 3.20. The lowest BCUT2D eigenvalue weighted by Gasteiger charge is -2.15. The van der Waals surface area contributed by atoms with Crippen LogP contribution in [-0.4, -0.2) is 43.9 Å². The summed E-state index contributed by atoms with van der Waals surface area (Å²) in [6, 6.07) is 6.25. The fraction of sp³-hybridized carbons (Fsp3) is 0.632. The Morgan fingerprint density at radius 2 is 2.12 bits per heavy atom. The van der Waals surface area contributed by atoms with Crippen LogP contribution < -0.4 is 15.4 Å². The second kappa shape index (κ2) is 11.6. The van der Waals surface area contributed by atoms with Crippen LogP contribution in [0.5, 0.6) is 5.75 Å². The number of nitrogens with one attached hydrogen (secondary N) is 2. The van der Waals surface area contributed by atoms with Crippen LogP contribution in [0.2, 0.25) is 0 Å². The van der Waals surface area contributed by atoms with Gasteiger partial charge in [-0.25, -0.2) is 0 Å². The van der Waals surface area contributed by atoms with Crippen molar-refractivity contribution in [2.45, 2.75) is 45.6 Å². The summed E-state index contributed by atoms with van der Waals surface area (Å²) in [5.74, 6) is 2.05. The third-order valence-electron chi connectivity index (χ3n) is 4.57. The summed E-state index contributed by atoms with van der Waals surface area (Å²) >= 11 is 0. The van der Waals surface area contributed by atoms with E-state index in [0.717, 1.165) is 50.5 Å². The van der Waals surface area contributed by atoms with Crippen molar-refractivity contribution in [2.75, 3.05) is 26.7 Å². The maximum absolute atomic E-state index is 9.92. The summed E-state index contributed by atoms with van der Waals surface area (Å²) in [6.07, 6.45) is 3.79. The van der Waals surface area contributed by atoms with Crippen molar-refractivity contribution in [3.63, 3.8) is 0 Å². The van der Waals surface area contributed by atoms with E-state index in [1.54, 1.807) is 7.11 Å². The summed E-state index contributed by atoms with van der Waals surface area (Å²) in [6.45, 7) is 6.45. The first-order chi connectivity index (χ1) is 11.6. The maximum atomic E-state index is 9.92. The van der Waals surface area contributed by atoms with Crippen molar-refractivity contribution in [1.29, 1.82) is 0 Å². The molecule has 1 fully saturated rings. The number of nitrogens with zero attached hydrogens (tertiary/aromatic N) is 1. The van der Waals surface area contributed by atoms with Gasteiger partial charge in [0.2, 0.25) is 0 Å². The highest BCUT2D eigenvalue weighted by Crippen LogP contribution is 2.25. The Labute approximate surface area is 168 Å². The number of halogens is 1. The molecule has 0 saturated heterocycles. The molecular formula is C19H32IN3O2. The summed E-state index contributed by atoms with van der Waals surface area (Å²) < 4.78 is 5.43. The second-order valence-electron chi connectivity index (χ2n) is 6.47. The Morgan fingerprint density at radius 3 is 2.76 bits per heavy atom. The van der Waals surface area contributed by atoms with Crippen LogP contribution in [0, 0.1) is 12.8 Å². The Balaban J connectivity index is 0.00000312. The lowest BCUT2D eigenvalue weighted by Crippen LogP contribution is -2.39. The van der Waals surface area contributed by atoms with Crippen molar-refractivity contribution in [3.05, 3.63) is 29.3 Å². The quantitative estimate of drug-likeness (QED) is 0.332. The van der Waals surface area contributed by atoms with Gasteiger partial charge in [0, 0.05) is 25.6 Å². The highest BCUT2D eigenvalue weighted by molar-refractivity contribution is 14.0. The van der Waals surface area contributed by atoms with Crippen molar-refractivity contribution in [2.24, 2.45) is 10.9 Å². The smallest absolute Gasteiger partial charge is 0.191 e. The maximum Gasteiger partial charge on any atom is 0.191 e. The molecule has 142 valence electrons. The van der Waals surface area contributed by atoms with Gasteiger partial charge in [-0.1, -0.05) is 24.1 Å². The van der Waals surface area contributed by atoms with Crippen LogP contribution in [0.4, 0.5) is 0 Å². The highest BCUT2D eigenvalue weighted by atomic mass is 127. The zero-order chi connectivity index (χ0) is 17.4. The third kappa shape index (κ3) is 7.01. The molecule has 0 aliphatic heterocycles. The molecule has 0 bridgehead atoms. The van der Waals surface area contributed by atoms with Gasteiger partial charge in [-0.05, 0) is 44.7 Å². The van der Waals surface area contributed by atoms with Gasteiger partial charge in [-0.15, -0.1) is 24.0 Å². The minimum absolute atomic E-state index is 0. The molecule has 0 amide bonds. The summed E-state index contributed by atoms with van der Waals surface area (Å²) in [4.78, 5) is 4.64. The Bertz CT molecular complexity index is 551. The standard InChI is InChI=1S/C19H31N3O2.HI/c1-4-20-19(22-13-16-6-5-7-17(16)23)21-11-10-15-12-14(2)8-9-18(15)24-3;/h8-9,12,16-17,23H,4-7,10-11,13H2,1-3H3,(H2,20,21,22);1H. The SMILES string of the molecule is CCNC(=NCC1CCCC1O)NCCc1cc(C)ccc1OC.I. The zero-order valence-electron chi connectivity index (χ0n) is 15.5. The lowest BCUT2D eigenvalue weighted by molar-refractivity contribution is 0.136. The molecule has 25 heavy (non-hydrogen) atoms. The van der Waals surface area contributed by atoms with Crippen LogP contribution in [0.1, 0.15) is 37.3 Å². The van der Waals surface area contributed by atoms with Crippen LogP contribution in [0.15, 0.2) is 23.2 Å². The van der Waals surface area contributed by atoms with E-state index < -0.39 is 0 Å². The molecule has 1 saturated carbocycles. The number of aliphatic imine (C=N–C) groups is 1. The molecule has 1 aliphatic carbocycles. The first kappa shape index (κ1) is 22.0. The van der Waals surface area contributed by atoms with E-state index in [1.165, 1.54) is 11.1 Å². The van der Waals surface area contributed by atoms with Crippen molar-refractivity contribution in [1.82, 2.24) is 10.6 Å². The van der Waals surface area contributed by atoms with E-state index in [9.17, 15) is 5.11 Å². The Morgan fingerprint density at radius 1 is 1.32 bits per heavy atom. The molecule has 0 aromatic heterocycles.